The highest BCUT2D eigenvalue weighted by Crippen LogP contribution is 2.44. The van der Waals surface area contributed by atoms with Crippen molar-refractivity contribution >= 4 is 22.3 Å². The molecule has 0 aromatic heterocycles. The van der Waals surface area contributed by atoms with Gasteiger partial charge in [0, 0.05) is 50.4 Å². The standard InChI is InChI=1S/C26H26FN3O5S/c27-36(32,33)35-20-14-18(16-30-11-9-28-10-12-30)13-19(15-20)29-26(31)34-17-25-23-7-3-1-5-21(23)22-6-2-4-8-24(22)25/h1-8,13-15,25,28H,9-12,16-17H2,(H,29,31). The maximum atomic E-state index is 13.2. The summed E-state index contributed by atoms with van der Waals surface area (Å²) < 4.78 is 45.4. The summed E-state index contributed by atoms with van der Waals surface area (Å²) in [6.07, 6.45) is -0.703. The largest absolute Gasteiger partial charge is 0.488 e. The van der Waals surface area contributed by atoms with E-state index in [1.54, 1.807) is 6.07 Å². The van der Waals surface area contributed by atoms with E-state index in [4.69, 9.17) is 4.74 Å². The van der Waals surface area contributed by atoms with E-state index in [9.17, 15) is 17.1 Å². The Morgan fingerprint density at radius 3 is 2.28 bits per heavy atom. The van der Waals surface area contributed by atoms with Crippen molar-refractivity contribution in [1.29, 1.82) is 0 Å². The highest BCUT2D eigenvalue weighted by molar-refractivity contribution is 7.81. The molecule has 188 valence electrons. The lowest BCUT2D eigenvalue weighted by Crippen LogP contribution is -2.42. The van der Waals surface area contributed by atoms with Gasteiger partial charge in [-0.1, -0.05) is 52.4 Å². The predicted octanol–water partition coefficient (Wildman–Crippen LogP) is 4.05. The van der Waals surface area contributed by atoms with Crippen LogP contribution in [0.5, 0.6) is 5.75 Å². The van der Waals surface area contributed by atoms with Crippen LogP contribution >= 0.6 is 0 Å². The van der Waals surface area contributed by atoms with Crippen LogP contribution < -0.4 is 14.8 Å². The highest BCUT2D eigenvalue weighted by atomic mass is 32.3. The Kier molecular flexibility index (Phi) is 6.90. The number of anilines is 1. The van der Waals surface area contributed by atoms with Crippen LogP contribution in [0.25, 0.3) is 11.1 Å². The van der Waals surface area contributed by atoms with Gasteiger partial charge in [-0.25, -0.2) is 4.79 Å². The van der Waals surface area contributed by atoms with Crippen molar-refractivity contribution in [2.24, 2.45) is 0 Å². The minimum absolute atomic E-state index is 0.0993. The number of nitrogens with zero attached hydrogens (tertiary/aromatic N) is 1. The molecule has 0 bridgehead atoms. The molecule has 1 amide bonds. The minimum Gasteiger partial charge on any atom is -0.448 e. The number of halogens is 1. The van der Waals surface area contributed by atoms with Gasteiger partial charge in [0.2, 0.25) is 0 Å². The van der Waals surface area contributed by atoms with Gasteiger partial charge in [-0.2, -0.15) is 8.42 Å². The third-order valence-electron chi connectivity index (χ3n) is 6.37. The Labute approximate surface area is 209 Å². The Morgan fingerprint density at radius 1 is 1.00 bits per heavy atom. The fourth-order valence-corrected chi connectivity index (χ4v) is 5.19. The molecule has 1 saturated heterocycles. The molecular formula is C26H26FN3O5S. The fraction of sp³-hybridized carbons (Fsp3) is 0.269. The number of carbonyl (C=O) groups is 1. The number of amides is 1. The van der Waals surface area contributed by atoms with Crippen LogP contribution in [0.1, 0.15) is 22.6 Å². The van der Waals surface area contributed by atoms with Crippen molar-refractivity contribution in [3.8, 4) is 16.9 Å². The summed E-state index contributed by atoms with van der Waals surface area (Å²) in [5, 5.41) is 5.89. The first-order valence-electron chi connectivity index (χ1n) is 11.7. The second kappa shape index (κ2) is 10.3. The van der Waals surface area contributed by atoms with Crippen LogP contribution in [0.15, 0.2) is 66.7 Å². The van der Waals surface area contributed by atoms with E-state index in [1.807, 2.05) is 36.4 Å². The quantitative estimate of drug-likeness (QED) is 0.462. The molecule has 1 aliphatic carbocycles. The predicted molar refractivity (Wildman–Crippen MR) is 134 cm³/mol. The molecule has 1 heterocycles. The number of hydrogen-bond acceptors (Lipinski definition) is 7. The van der Waals surface area contributed by atoms with E-state index in [1.165, 1.54) is 12.1 Å². The number of rotatable bonds is 7. The number of carbonyl (C=O) groups excluding carboxylic acids is 1. The Hall–Kier alpha value is -3.47. The van der Waals surface area contributed by atoms with E-state index < -0.39 is 16.6 Å². The van der Waals surface area contributed by atoms with Crippen LogP contribution in [-0.2, 0) is 21.8 Å². The first kappa shape index (κ1) is 24.2. The van der Waals surface area contributed by atoms with Crippen molar-refractivity contribution in [1.82, 2.24) is 10.2 Å². The highest BCUT2D eigenvalue weighted by Gasteiger charge is 2.29. The average Bonchev–Trinajstić information content (AvgIpc) is 3.16. The van der Waals surface area contributed by atoms with Crippen molar-refractivity contribution in [2.75, 3.05) is 38.1 Å². The lowest BCUT2D eigenvalue weighted by atomic mass is 9.98. The molecule has 8 nitrogen and oxygen atoms in total. The number of hydrogen-bond donors (Lipinski definition) is 2. The molecule has 36 heavy (non-hydrogen) atoms. The number of ether oxygens (including phenoxy) is 1. The van der Waals surface area contributed by atoms with E-state index in [0.29, 0.717) is 12.1 Å². The van der Waals surface area contributed by atoms with Crippen LogP contribution in [0.3, 0.4) is 0 Å². The Balaban J connectivity index is 1.30. The second-order valence-electron chi connectivity index (χ2n) is 8.82. The third-order valence-corrected chi connectivity index (χ3v) is 6.76. The molecule has 0 unspecified atom stereocenters. The average molecular weight is 512 g/mol. The minimum atomic E-state index is -5.22. The summed E-state index contributed by atoms with van der Waals surface area (Å²) >= 11 is 0. The van der Waals surface area contributed by atoms with Crippen LogP contribution in [0.4, 0.5) is 14.4 Å². The second-order valence-corrected chi connectivity index (χ2v) is 9.77. The van der Waals surface area contributed by atoms with Crippen LogP contribution in [0.2, 0.25) is 0 Å². The molecule has 0 spiro atoms. The number of nitrogens with one attached hydrogen (secondary N) is 2. The van der Waals surface area contributed by atoms with Gasteiger partial charge in [-0.05, 0) is 39.9 Å². The topological polar surface area (TPSA) is 97.0 Å². The molecule has 0 radical (unpaired) electrons. The molecule has 2 N–H and O–H groups in total. The zero-order chi connectivity index (χ0) is 25.1. The molecule has 3 aromatic carbocycles. The molecule has 3 aromatic rings. The smallest absolute Gasteiger partial charge is 0.448 e. The lowest BCUT2D eigenvalue weighted by Gasteiger charge is -2.27. The molecule has 2 aliphatic rings. The van der Waals surface area contributed by atoms with E-state index in [2.05, 4.69) is 31.8 Å². The molecular weight excluding hydrogens is 485 g/mol. The van der Waals surface area contributed by atoms with E-state index >= 15 is 0 Å². The van der Waals surface area contributed by atoms with Crippen LogP contribution in [-0.4, -0.2) is 52.2 Å². The summed E-state index contributed by atoms with van der Waals surface area (Å²) in [5.41, 5.74) is 5.35. The summed E-state index contributed by atoms with van der Waals surface area (Å²) in [7, 11) is -5.22. The summed E-state index contributed by atoms with van der Waals surface area (Å²) in [6.45, 7) is 3.90. The summed E-state index contributed by atoms with van der Waals surface area (Å²) in [6, 6.07) is 20.4. The third kappa shape index (κ3) is 5.67. The first-order chi connectivity index (χ1) is 17.4. The zero-order valence-electron chi connectivity index (χ0n) is 19.4. The first-order valence-corrected chi connectivity index (χ1v) is 13.0. The molecule has 10 heteroatoms. The van der Waals surface area contributed by atoms with Gasteiger partial charge in [0.05, 0.1) is 0 Å². The van der Waals surface area contributed by atoms with Gasteiger partial charge in [0.15, 0.2) is 0 Å². The van der Waals surface area contributed by atoms with Crippen LogP contribution in [0, 0.1) is 0 Å². The van der Waals surface area contributed by atoms with Crippen molar-refractivity contribution < 1.29 is 26.0 Å². The van der Waals surface area contributed by atoms with Gasteiger partial charge in [0.1, 0.15) is 12.4 Å². The van der Waals surface area contributed by atoms with Crippen molar-refractivity contribution in [3.05, 3.63) is 83.4 Å². The number of piperazine rings is 1. The molecule has 0 atom stereocenters. The zero-order valence-corrected chi connectivity index (χ0v) is 20.3. The molecule has 0 saturated carbocycles. The Bertz CT molecular complexity index is 1330. The van der Waals surface area contributed by atoms with E-state index in [-0.39, 0.29) is 24.0 Å². The number of fused-ring (bicyclic) bond motifs is 3. The lowest BCUT2D eigenvalue weighted by molar-refractivity contribution is 0.158. The maximum absolute atomic E-state index is 13.2. The maximum Gasteiger partial charge on any atom is 0.488 e. The monoisotopic (exact) mass is 511 g/mol. The van der Waals surface area contributed by atoms with Gasteiger partial charge in [-0.15, -0.1) is 0 Å². The van der Waals surface area contributed by atoms with Gasteiger partial charge >= 0.3 is 16.6 Å². The molecule has 5 rings (SSSR count). The number of benzene rings is 3. The summed E-state index contributed by atoms with van der Waals surface area (Å²) in [4.78, 5) is 14.9. The van der Waals surface area contributed by atoms with Gasteiger partial charge < -0.3 is 14.2 Å². The fourth-order valence-electron chi connectivity index (χ4n) is 4.87. The van der Waals surface area contributed by atoms with Crippen molar-refractivity contribution in [3.63, 3.8) is 0 Å². The van der Waals surface area contributed by atoms with E-state index in [0.717, 1.165) is 48.4 Å². The summed E-state index contributed by atoms with van der Waals surface area (Å²) in [5.74, 6) is -0.322. The Morgan fingerprint density at radius 2 is 1.64 bits per heavy atom. The van der Waals surface area contributed by atoms with Crippen molar-refractivity contribution in [2.45, 2.75) is 12.5 Å². The molecule has 1 aliphatic heterocycles. The SMILES string of the molecule is O=C(Nc1cc(CN2CCNCC2)cc(OS(=O)(=O)F)c1)OCC1c2ccccc2-c2ccccc21. The normalized spacial score (nSPS) is 15.7. The van der Waals surface area contributed by atoms with Gasteiger partial charge in [-0.3, -0.25) is 10.2 Å². The molecule has 1 fully saturated rings. The van der Waals surface area contributed by atoms with Gasteiger partial charge in [0.25, 0.3) is 0 Å².